The standard InChI is InChI=1S/C18H19F3N4O3/c1-22-17(24-11-14-3-2-4-15(9-14)25(26)27)23-10-13-5-7-16(8-6-13)28-12-18(19,20)21/h2-9H,10-12H2,1H3,(H2,22,23,24). The van der Waals surface area contributed by atoms with Crippen LogP contribution in [0.25, 0.3) is 0 Å². The Bertz CT molecular complexity index is 824. The van der Waals surface area contributed by atoms with Crippen molar-refractivity contribution >= 4 is 11.6 Å². The summed E-state index contributed by atoms with van der Waals surface area (Å²) in [5.74, 6) is 0.609. The Morgan fingerprint density at radius 2 is 1.75 bits per heavy atom. The average Bonchev–Trinajstić information content (AvgIpc) is 2.67. The third-order valence-corrected chi connectivity index (χ3v) is 3.59. The molecule has 2 aromatic rings. The number of halogens is 3. The molecule has 10 heteroatoms. The Morgan fingerprint density at radius 1 is 1.11 bits per heavy atom. The second-order valence-corrected chi connectivity index (χ2v) is 5.75. The van der Waals surface area contributed by atoms with Gasteiger partial charge in [0.25, 0.3) is 5.69 Å². The van der Waals surface area contributed by atoms with Gasteiger partial charge in [-0.05, 0) is 23.3 Å². The van der Waals surface area contributed by atoms with Crippen LogP contribution in [0.4, 0.5) is 18.9 Å². The number of ether oxygens (including phenoxy) is 1. The van der Waals surface area contributed by atoms with E-state index in [4.69, 9.17) is 0 Å². The van der Waals surface area contributed by atoms with Gasteiger partial charge in [-0.3, -0.25) is 15.1 Å². The molecule has 0 bridgehead atoms. The summed E-state index contributed by atoms with van der Waals surface area (Å²) >= 11 is 0. The van der Waals surface area contributed by atoms with E-state index in [0.717, 1.165) is 11.1 Å². The lowest BCUT2D eigenvalue weighted by Crippen LogP contribution is -2.36. The fourth-order valence-corrected chi connectivity index (χ4v) is 2.24. The molecule has 2 aromatic carbocycles. The second kappa shape index (κ2) is 9.58. The molecule has 0 aliphatic carbocycles. The summed E-state index contributed by atoms with van der Waals surface area (Å²) < 4.78 is 41.1. The van der Waals surface area contributed by atoms with Crippen LogP contribution in [-0.4, -0.2) is 30.7 Å². The zero-order valence-electron chi connectivity index (χ0n) is 15.0. The van der Waals surface area contributed by atoms with E-state index >= 15 is 0 Å². The Balaban J connectivity index is 1.83. The van der Waals surface area contributed by atoms with Crippen molar-refractivity contribution in [2.75, 3.05) is 13.7 Å². The maximum absolute atomic E-state index is 12.1. The number of benzene rings is 2. The van der Waals surface area contributed by atoms with Crippen LogP contribution in [0.2, 0.25) is 0 Å². The van der Waals surface area contributed by atoms with Crippen LogP contribution in [0.5, 0.6) is 5.75 Å². The van der Waals surface area contributed by atoms with Gasteiger partial charge in [0.1, 0.15) is 5.75 Å². The second-order valence-electron chi connectivity index (χ2n) is 5.75. The maximum Gasteiger partial charge on any atom is 0.422 e. The van der Waals surface area contributed by atoms with E-state index in [9.17, 15) is 23.3 Å². The van der Waals surface area contributed by atoms with Crippen LogP contribution in [0, 0.1) is 10.1 Å². The van der Waals surface area contributed by atoms with Gasteiger partial charge in [0.2, 0.25) is 0 Å². The summed E-state index contributed by atoms with van der Waals surface area (Å²) in [5.41, 5.74) is 1.55. The van der Waals surface area contributed by atoms with E-state index in [0.29, 0.717) is 19.0 Å². The van der Waals surface area contributed by atoms with Crippen molar-refractivity contribution in [2.45, 2.75) is 19.3 Å². The predicted molar refractivity (Wildman–Crippen MR) is 98.1 cm³/mol. The van der Waals surface area contributed by atoms with Crippen molar-refractivity contribution < 1.29 is 22.8 Å². The number of hydrogen-bond acceptors (Lipinski definition) is 4. The molecule has 0 heterocycles. The first kappa shape index (κ1) is 21.0. The molecule has 0 saturated carbocycles. The van der Waals surface area contributed by atoms with Crippen molar-refractivity contribution in [3.05, 3.63) is 69.8 Å². The van der Waals surface area contributed by atoms with Crippen molar-refractivity contribution in [3.8, 4) is 5.75 Å². The molecular formula is C18H19F3N4O3. The highest BCUT2D eigenvalue weighted by molar-refractivity contribution is 5.79. The lowest BCUT2D eigenvalue weighted by molar-refractivity contribution is -0.384. The Kier molecular flexibility index (Phi) is 7.19. The molecule has 0 fully saturated rings. The van der Waals surface area contributed by atoms with Crippen molar-refractivity contribution in [1.82, 2.24) is 10.6 Å². The number of rotatable bonds is 7. The van der Waals surface area contributed by atoms with Gasteiger partial charge in [-0.25, -0.2) is 0 Å². The topological polar surface area (TPSA) is 88.8 Å². The Morgan fingerprint density at radius 3 is 2.32 bits per heavy atom. The van der Waals surface area contributed by atoms with Crippen LogP contribution in [-0.2, 0) is 13.1 Å². The first-order valence-electron chi connectivity index (χ1n) is 8.23. The highest BCUT2D eigenvalue weighted by Crippen LogP contribution is 2.18. The molecule has 0 saturated heterocycles. The van der Waals surface area contributed by atoms with Gasteiger partial charge in [0.15, 0.2) is 12.6 Å². The van der Waals surface area contributed by atoms with Gasteiger partial charge in [0.05, 0.1) is 4.92 Å². The highest BCUT2D eigenvalue weighted by atomic mass is 19.4. The number of guanidine groups is 1. The molecule has 150 valence electrons. The molecule has 7 nitrogen and oxygen atoms in total. The molecule has 0 aliphatic rings. The van der Waals surface area contributed by atoms with Gasteiger partial charge in [-0.2, -0.15) is 13.2 Å². The largest absolute Gasteiger partial charge is 0.484 e. The molecule has 0 unspecified atom stereocenters. The molecule has 28 heavy (non-hydrogen) atoms. The zero-order valence-corrected chi connectivity index (χ0v) is 15.0. The minimum absolute atomic E-state index is 0.00933. The van der Waals surface area contributed by atoms with E-state index in [1.807, 2.05) is 0 Å². The summed E-state index contributed by atoms with van der Waals surface area (Å²) in [6.07, 6.45) is -4.38. The number of aliphatic imine (C=N–C) groups is 1. The number of nitro groups is 1. The van der Waals surface area contributed by atoms with Gasteiger partial charge >= 0.3 is 6.18 Å². The average molecular weight is 396 g/mol. The van der Waals surface area contributed by atoms with Crippen LogP contribution in [0.1, 0.15) is 11.1 Å². The van der Waals surface area contributed by atoms with Crippen LogP contribution >= 0.6 is 0 Å². The Labute approximate surface area is 159 Å². The lowest BCUT2D eigenvalue weighted by Gasteiger charge is -2.13. The number of alkyl halides is 3. The number of nitrogens with zero attached hydrogens (tertiary/aromatic N) is 2. The molecule has 0 atom stereocenters. The van der Waals surface area contributed by atoms with Crippen molar-refractivity contribution in [1.29, 1.82) is 0 Å². The number of hydrogen-bond donors (Lipinski definition) is 2. The predicted octanol–water partition coefficient (Wildman–Crippen LogP) is 3.40. The monoisotopic (exact) mass is 396 g/mol. The van der Waals surface area contributed by atoms with E-state index in [1.54, 1.807) is 31.3 Å². The first-order valence-corrected chi connectivity index (χ1v) is 8.23. The van der Waals surface area contributed by atoms with Crippen molar-refractivity contribution in [2.24, 2.45) is 4.99 Å². The molecule has 0 aromatic heterocycles. The third-order valence-electron chi connectivity index (χ3n) is 3.59. The number of nitrogens with one attached hydrogen (secondary N) is 2. The van der Waals surface area contributed by atoms with E-state index in [-0.39, 0.29) is 11.4 Å². The first-order chi connectivity index (χ1) is 13.3. The lowest BCUT2D eigenvalue weighted by atomic mass is 10.2. The minimum Gasteiger partial charge on any atom is -0.484 e. The minimum atomic E-state index is -4.38. The van der Waals surface area contributed by atoms with Crippen molar-refractivity contribution in [3.63, 3.8) is 0 Å². The zero-order chi connectivity index (χ0) is 20.6. The van der Waals surface area contributed by atoms with Crippen LogP contribution in [0.3, 0.4) is 0 Å². The van der Waals surface area contributed by atoms with E-state index in [1.165, 1.54) is 24.3 Å². The van der Waals surface area contributed by atoms with E-state index < -0.39 is 17.7 Å². The van der Waals surface area contributed by atoms with E-state index in [2.05, 4.69) is 20.4 Å². The van der Waals surface area contributed by atoms with Crippen LogP contribution in [0.15, 0.2) is 53.5 Å². The number of nitro benzene ring substituents is 1. The summed E-state index contributed by atoms with van der Waals surface area (Å²) in [6.45, 7) is -0.613. The normalized spacial score (nSPS) is 11.8. The van der Waals surface area contributed by atoms with Gasteiger partial charge in [-0.1, -0.05) is 24.3 Å². The maximum atomic E-state index is 12.1. The summed E-state index contributed by atoms with van der Waals surface area (Å²) in [6, 6.07) is 12.5. The molecule has 0 aliphatic heterocycles. The van der Waals surface area contributed by atoms with Gasteiger partial charge in [-0.15, -0.1) is 0 Å². The van der Waals surface area contributed by atoms with Gasteiger partial charge < -0.3 is 15.4 Å². The summed E-state index contributed by atoms with van der Waals surface area (Å²) in [5, 5.41) is 16.9. The highest BCUT2D eigenvalue weighted by Gasteiger charge is 2.28. The molecular weight excluding hydrogens is 377 g/mol. The summed E-state index contributed by atoms with van der Waals surface area (Å²) in [4.78, 5) is 14.4. The van der Waals surface area contributed by atoms with Crippen LogP contribution < -0.4 is 15.4 Å². The molecule has 0 amide bonds. The third kappa shape index (κ3) is 7.14. The van der Waals surface area contributed by atoms with Gasteiger partial charge in [0, 0.05) is 32.3 Å². The molecule has 2 N–H and O–H groups in total. The molecule has 0 radical (unpaired) electrons. The molecule has 2 rings (SSSR count). The fraction of sp³-hybridized carbons (Fsp3) is 0.278. The molecule has 0 spiro atoms. The smallest absolute Gasteiger partial charge is 0.422 e. The SMILES string of the molecule is CN=C(NCc1ccc(OCC(F)(F)F)cc1)NCc1cccc([N+](=O)[O-])c1. The summed E-state index contributed by atoms with van der Waals surface area (Å²) in [7, 11) is 1.58. The quantitative estimate of drug-likeness (QED) is 0.324. The number of non-ortho nitro benzene ring substituents is 1. The Hall–Kier alpha value is -3.30. The fourth-order valence-electron chi connectivity index (χ4n) is 2.24.